The number of benzene rings is 3. The van der Waals surface area contributed by atoms with E-state index in [1.165, 1.54) is 10.6 Å². The Bertz CT molecular complexity index is 1360. The van der Waals surface area contributed by atoms with Crippen LogP contribution in [-0.2, 0) is 16.7 Å². The summed E-state index contributed by atoms with van der Waals surface area (Å²) in [6.07, 6.45) is 0. The number of rotatable bonds is 7. The summed E-state index contributed by atoms with van der Waals surface area (Å²) in [6, 6.07) is 24.9. The van der Waals surface area contributed by atoms with Crippen molar-refractivity contribution in [3.05, 3.63) is 95.3 Å². The number of hydrogen-bond acceptors (Lipinski definition) is 5. The molecule has 1 heterocycles. The Morgan fingerprint density at radius 1 is 0.839 bits per heavy atom. The summed E-state index contributed by atoms with van der Waals surface area (Å²) in [5.41, 5.74) is 1.99. The highest BCUT2D eigenvalue weighted by Gasteiger charge is 2.17. The Kier molecular flexibility index (Phi) is 5.77. The van der Waals surface area contributed by atoms with Crippen LogP contribution in [-0.4, -0.2) is 25.8 Å². The zero-order valence-corrected chi connectivity index (χ0v) is 17.7. The number of ether oxygens (including phenoxy) is 1. The van der Waals surface area contributed by atoms with Crippen LogP contribution < -0.4 is 14.5 Å². The number of methoxy groups -OCH3 is 1. The van der Waals surface area contributed by atoms with Crippen molar-refractivity contribution in [2.45, 2.75) is 6.54 Å². The first-order valence-electron chi connectivity index (χ1n) is 9.71. The van der Waals surface area contributed by atoms with Crippen LogP contribution >= 0.6 is 0 Å². The van der Waals surface area contributed by atoms with Crippen LogP contribution in [0.15, 0.2) is 89.7 Å². The van der Waals surface area contributed by atoms with Gasteiger partial charge in [-0.05, 0) is 35.4 Å². The first kappa shape index (κ1) is 20.7. The lowest BCUT2D eigenvalue weighted by atomic mass is 10.0. The molecule has 0 saturated carbocycles. The predicted molar refractivity (Wildman–Crippen MR) is 121 cm³/mol. The summed E-state index contributed by atoms with van der Waals surface area (Å²) in [5, 5.41) is 0.827. The molecule has 0 aliphatic rings. The zero-order valence-electron chi connectivity index (χ0n) is 16.9. The van der Waals surface area contributed by atoms with Gasteiger partial charge >= 0.3 is 10.1 Å². The first-order valence-corrected chi connectivity index (χ1v) is 11.3. The molecule has 0 spiro atoms. The molecule has 0 radical (unpaired) electrons. The van der Waals surface area contributed by atoms with Crippen molar-refractivity contribution in [1.29, 1.82) is 0 Å². The third kappa shape index (κ3) is 4.62. The third-order valence-corrected chi connectivity index (χ3v) is 6.06. The molecule has 31 heavy (non-hydrogen) atoms. The topological polar surface area (TPSA) is 74.6 Å². The Labute approximate surface area is 180 Å². The average Bonchev–Trinajstić information content (AvgIpc) is 2.78. The Morgan fingerprint density at radius 2 is 1.52 bits per heavy atom. The molecule has 4 rings (SSSR count). The second kappa shape index (κ2) is 8.65. The molecular weight excluding hydrogens is 414 g/mol. The Balaban J connectivity index is 1.74. The van der Waals surface area contributed by atoms with Crippen LogP contribution in [0.4, 0.5) is 0 Å². The normalized spacial score (nSPS) is 11.4. The molecule has 0 bridgehead atoms. The van der Waals surface area contributed by atoms with E-state index in [1.807, 2.05) is 42.5 Å². The standard InChI is InChI=1S/C24H21NO5S/c1-29-20-12-13-21-22(18-8-4-2-5-9-18)17-24(26)25(23(21)16-20)14-15-31(27,28)30-19-10-6-3-7-11-19/h2-13,16-17H,14-15H2,1H3. The van der Waals surface area contributed by atoms with Gasteiger partial charge in [-0.15, -0.1) is 0 Å². The van der Waals surface area contributed by atoms with Gasteiger partial charge in [0.15, 0.2) is 0 Å². The summed E-state index contributed by atoms with van der Waals surface area (Å²) in [6.45, 7) is -0.0489. The lowest BCUT2D eigenvalue weighted by Crippen LogP contribution is -2.26. The maximum Gasteiger partial charge on any atom is 0.310 e. The SMILES string of the molecule is COc1ccc2c(-c3ccccc3)cc(=O)n(CCS(=O)(=O)Oc3ccccc3)c2c1. The Hall–Kier alpha value is -3.58. The number of para-hydroxylation sites is 1. The number of nitrogens with zero attached hydrogens (tertiary/aromatic N) is 1. The second-order valence-corrected chi connectivity index (χ2v) is 8.65. The van der Waals surface area contributed by atoms with Gasteiger partial charge in [0, 0.05) is 24.1 Å². The highest BCUT2D eigenvalue weighted by atomic mass is 32.2. The van der Waals surface area contributed by atoms with Crippen molar-refractivity contribution in [3.63, 3.8) is 0 Å². The van der Waals surface area contributed by atoms with E-state index in [9.17, 15) is 13.2 Å². The molecule has 1 aromatic heterocycles. The number of aryl methyl sites for hydroxylation is 1. The molecule has 158 valence electrons. The second-order valence-electron chi connectivity index (χ2n) is 6.96. The molecule has 3 aromatic carbocycles. The molecule has 4 aromatic rings. The van der Waals surface area contributed by atoms with E-state index in [0.717, 1.165) is 16.5 Å². The van der Waals surface area contributed by atoms with Gasteiger partial charge in [-0.25, -0.2) is 0 Å². The number of aromatic nitrogens is 1. The molecule has 0 aliphatic carbocycles. The van der Waals surface area contributed by atoms with E-state index >= 15 is 0 Å². The molecule has 0 amide bonds. The fourth-order valence-electron chi connectivity index (χ4n) is 3.44. The summed E-state index contributed by atoms with van der Waals surface area (Å²) >= 11 is 0. The van der Waals surface area contributed by atoms with Crippen molar-refractivity contribution in [1.82, 2.24) is 4.57 Å². The van der Waals surface area contributed by atoms with Gasteiger partial charge in [0.1, 0.15) is 17.3 Å². The molecule has 0 fully saturated rings. The molecule has 0 aliphatic heterocycles. The number of fused-ring (bicyclic) bond motifs is 1. The molecule has 0 N–H and O–H groups in total. The van der Waals surface area contributed by atoms with Crippen LogP contribution in [0, 0.1) is 0 Å². The maximum absolute atomic E-state index is 13.0. The highest BCUT2D eigenvalue weighted by Crippen LogP contribution is 2.29. The summed E-state index contributed by atoms with van der Waals surface area (Å²) in [4.78, 5) is 13.0. The van der Waals surface area contributed by atoms with E-state index in [0.29, 0.717) is 11.3 Å². The van der Waals surface area contributed by atoms with Gasteiger partial charge in [-0.3, -0.25) is 4.79 Å². The van der Waals surface area contributed by atoms with E-state index in [-0.39, 0.29) is 23.6 Å². The molecule has 7 heteroatoms. The maximum atomic E-state index is 13.0. The fraction of sp³-hybridized carbons (Fsp3) is 0.125. The van der Waals surface area contributed by atoms with Crippen molar-refractivity contribution in [2.75, 3.05) is 12.9 Å². The van der Waals surface area contributed by atoms with Crippen molar-refractivity contribution in [3.8, 4) is 22.6 Å². The highest BCUT2D eigenvalue weighted by molar-refractivity contribution is 7.87. The van der Waals surface area contributed by atoms with Gasteiger partial charge in [0.2, 0.25) is 0 Å². The van der Waals surface area contributed by atoms with Crippen LogP contribution in [0.3, 0.4) is 0 Å². The van der Waals surface area contributed by atoms with Gasteiger partial charge in [-0.1, -0.05) is 48.5 Å². The van der Waals surface area contributed by atoms with E-state index < -0.39 is 10.1 Å². The Morgan fingerprint density at radius 3 is 2.19 bits per heavy atom. The minimum Gasteiger partial charge on any atom is -0.497 e. The van der Waals surface area contributed by atoms with E-state index in [2.05, 4.69) is 0 Å². The van der Waals surface area contributed by atoms with Crippen LogP contribution in [0.2, 0.25) is 0 Å². The van der Waals surface area contributed by atoms with Crippen LogP contribution in [0.25, 0.3) is 22.0 Å². The molecule has 0 saturated heterocycles. The van der Waals surface area contributed by atoms with Gasteiger partial charge in [0.05, 0.1) is 12.6 Å². The van der Waals surface area contributed by atoms with Crippen molar-refractivity contribution >= 4 is 21.0 Å². The largest absolute Gasteiger partial charge is 0.497 e. The molecule has 0 atom stereocenters. The fourth-order valence-corrected chi connectivity index (χ4v) is 4.34. The van der Waals surface area contributed by atoms with E-state index in [1.54, 1.807) is 43.5 Å². The summed E-state index contributed by atoms with van der Waals surface area (Å²) in [7, 11) is -2.34. The minimum atomic E-state index is -3.89. The van der Waals surface area contributed by atoms with E-state index in [4.69, 9.17) is 8.92 Å². The lowest BCUT2D eigenvalue weighted by molar-refractivity contribution is 0.415. The van der Waals surface area contributed by atoms with Crippen LogP contribution in [0.5, 0.6) is 11.5 Å². The van der Waals surface area contributed by atoms with Crippen molar-refractivity contribution < 1.29 is 17.3 Å². The lowest BCUT2D eigenvalue weighted by Gasteiger charge is -2.15. The summed E-state index contributed by atoms with van der Waals surface area (Å²) in [5.74, 6) is 0.466. The van der Waals surface area contributed by atoms with Crippen LogP contribution in [0.1, 0.15) is 0 Å². The third-order valence-electron chi connectivity index (χ3n) is 4.94. The minimum absolute atomic E-state index is 0.0489. The molecular formula is C24H21NO5S. The van der Waals surface area contributed by atoms with Gasteiger partial charge in [-0.2, -0.15) is 8.42 Å². The average molecular weight is 436 g/mol. The summed E-state index contributed by atoms with van der Waals surface area (Å²) < 4.78 is 36.9. The van der Waals surface area contributed by atoms with Gasteiger partial charge < -0.3 is 13.5 Å². The zero-order chi connectivity index (χ0) is 21.8. The molecule has 0 unspecified atom stereocenters. The predicted octanol–water partition coefficient (Wildman–Crippen LogP) is 4.09. The smallest absolute Gasteiger partial charge is 0.310 e. The number of pyridine rings is 1. The first-order chi connectivity index (χ1) is 15.0. The molecule has 6 nitrogen and oxygen atoms in total. The van der Waals surface area contributed by atoms with Gasteiger partial charge in [0.25, 0.3) is 5.56 Å². The quantitative estimate of drug-likeness (QED) is 0.409. The van der Waals surface area contributed by atoms with Crippen molar-refractivity contribution in [2.24, 2.45) is 0 Å². The number of hydrogen-bond donors (Lipinski definition) is 0. The monoisotopic (exact) mass is 435 g/mol.